The van der Waals surface area contributed by atoms with Crippen LogP contribution in [0.2, 0.25) is 0 Å². The molecule has 3 nitrogen and oxygen atoms in total. The Morgan fingerprint density at radius 3 is 0.627 bits per heavy atom. The third-order valence-electron chi connectivity index (χ3n) is 17.0. The number of hydrogen-bond acceptors (Lipinski definition) is 3. The highest BCUT2D eigenvalue weighted by molar-refractivity contribution is 9.11. The van der Waals surface area contributed by atoms with Gasteiger partial charge in [-0.2, -0.15) is 0 Å². The molecule has 17 rings (SSSR count). The van der Waals surface area contributed by atoms with Crippen LogP contribution in [0.3, 0.4) is 0 Å². The maximum absolute atomic E-state index is 8.38. The molecule has 17 aromatic rings. The van der Waals surface area contributed by atoms with Crippen LogP contribution in [-0.2, 0) is 0 Å². The predicted molar refractivity (Wildman–Crippen MR) is 446 cm³/mol. The minimum Gasteiger partial charge on any atom is -0.310 e. The van der Waals surface area contributed by atoms with Gasteiger partial charge in [0.25, 0.3) is 0 Å². The highest BCUT2D eigenvalue weighted by atomic mass is 79.9. The van der Waals surface area contributed by atoms with Gasteiger partial charge < -0.3 is 14.7 Å². The van der Waals surface area contributed by atoms with Gasteiger partial charge in [-0.3, -0.25) is 0 Å². The van der Waals surface area contributed by atoms with E-state index < -0.39 is 42.3 Å². The van der Waals surface area contributed by atoms with Gasteiger partial charge in [0.1, 0.15) is 0 Å². The van der Waals surface area contributed by atoms with Gasteiger partial charge in [-0.1, -0.05) is 314 Å². The average Bonchev–Trinajstić information content (AvgIpc) is 0.773. The molecule has 0 aliphatic rings. The quantitative estimate of drug-likeness (QED) is 0.107. The summed E-state index contributed by atoms with van der Waals surface area (Å²) < 4.78 is 166. The van der Waals surface area contributed by atoms with Crippen LogP contribution in [0.5, 0.6) is 0 Å². The molecule has 0 radical (unpaired) electrons. The van der Waals surface area contributed by atoms with Crippen molar-refractivity contribution in [3.63, 3.8) is 0 Å². The molecule has 0 fully saturated rings. The van der Waals surface area contributed by atoms with Crippen molar-refractivity contribution in [2.24, 2.45) is 0 Å². The van der Waals surface area contributed by atoms with Crippen LogP contribution in [-0.4, -0.2) is 0 Å². The third-order valence-corrected chi connectivity index (χ3v) is 18.5. The van der Waals surface area contributed by atoms with Crippen molar-refractivity contribution in [3.8, 4) is 55.6 Å². The second-order valence-corrected chi connectivity index (χ2v) is 26.2. The number of anilines is 9. The fourth-order valence-corrected chi connectivity index (χ4v) is 13.2. The monoisotopic (exact) mass is 1520 g/mol. The number of fused-ring (bicyclic) bond motifs is 3. The normalized spacial score (nSPS) is 13.6. The third kappa shape index (κ3) is 15.5. The van der Waals surface area contributed by atoms with E-state index in [0.29, 0.717) is 22.3 Å². The Morgan fingerprint density at radius 1 is 0.167 bits per heavy atom. The summed E-state index contributed by atoms with van der Waals surface area (Å²) in [5.74, 6) is 0. The molecule has 17 aromatic carbocycles. The summed E-state index contributed by atoms with van der Waals surface area (Å²) in [6.07, 6.45) is 0. The molecule has 0 unspecified atom stereocenters. The zero-order valence-corrected chi connectivity index (χ0v) is 58.9. The highest BCUT2D eigenvalue weighted by Gasteiger charge is 2.18. The second kappa shape index (κ2) is 31.3. The van der Waals surface area contributed by atoms with Crippen LogP contribution >= 0.6 is 47.8 Å². The minimum atomic E-state index is -0.447. The van der Waals surface area contributed by atoms with Crippen molar-refractivity contribution in [1.29, 1.82) is 0 Å². The summed E-state index contributed by atoms with van der Waals surface area (Å²) in [6, 6.07) is 88.1. The number of rotatable bonds is 14. The smallest absolute Gasteiger partial charge is 0.0629 e. The van der Waals surface area contributed by atoms with E-state index in [4.69, 9.17) is 27.4 Å². The molecule has 0 atom stereocenters. The Morgan fingerprint density at radius 2 is 0.363 bits per heavy atom. The molecule has 488 valence electrons. The van der Waals surface area contributed by atoms with Crippen molar-refractivity contribution < 1.29 is 27.4 Å². The largest absolute Gasteiger partial charge is 0.310 e. The van der Waals surface area contributed by atoms with Crippen LogP contribution in [0.15, 0.2) is 425 Å². The minimum absolute atomic E-state index is 0.114. The number of halogens is 3. The second-order valence-electron chi connectivity index (χ2n) is 23.5. The molecule has 0 spiro atoms. The molecule has 6 heteroatoms. The molecule has 0 aliphatic heterocycles. The first-order chi connectivity index (χ1) is 58.5. The molecular weight excluding hydrogens is 1430 g/mol. The van der Waals surface area contributed by atoms with Gasteiger partial charge in [0.05, 0.1) is 27.4 Å². The first kappa shape index (κ1) is 46.7. The Bertz CT molecular complexity index is 6690. The lowest BCUT2D eigenvalue weighted by Crippen LogP contribution is -2.09. The molecule has 0 bridgehead atoms. The van der Waals surface area contributed by atoms with E-state index in [1.54, 1.807) is 36.4 Å². The van der Waals surface area contributed by atoms with Crippen LogP contribution in [0, 0.1) is 0 Å². The van der Waals surface area contributed by atoms with E-state index in [-0.39, 0.29) is 101 Å². The van der Waals surface area contributed by atoms with Gasteiger partial charge in [-0.15, -0.1) is 0 Å². The van der Waals surface area contributed by atoms with Crippen LogP contribution in [0.1, 0.15) is 27.4 Å². The van der Waals surface area contributed by atoms with E-state index in [9.17, 15) is 0 Å². The van der Waals surface area contributed by atoms with Gasteiger partial charge >= 0.3 is 0 Å². The molecule has 0 N–H and O–H groups in total. The number of nitrogens with zero attached hydrogens (tertiary/aromatic N) is 3. The molecule has 0 saturated heterocycles. The lowest BCUT2D eigenvalue weighted by atomic mass is 10.0. The van der Waals surface area contributed by atoms with E-state index in [1.165, 1.54) is 0 Å². The van der Waals surface area contributed by atoms with Gasteiger partial charge in [0, 0.05) is 64.6 Å². The van der Waals surface area contributed by atoms with E-state index in [0.717, 1.165) is 108 Å². The zero-order chi connectivity index (χ0) is 86.4. The van der Waals surface area contributed by atoms with Crippen molar-refractivity contribution >= 4 is 131 Å². The van der Waals surface area contributed by atoms with Crippen molar-refractivity contribution in [2.45, 2.75) is 0 Å². The van der Waals surface area contributed by atoms with E-state index >= 15 is 0 Å². The van der Waals surface area contributed by atoms with E-state index in [1.807, 2.05) is 163 Å². The highest BCUT2D eigenvalue weighted by Crippen LogP contribution is 2.42. The molecule has 0 amide bonds. The fraction of sp³-hybridized carbons (Fsp3) is 0. The lowest BCUT2D eigenvalue weighted by Gasteiger charge is -2.26. The first-order valence-corrected chi connectivity index (χ1v) is 34.8. The predicted octanol–water partition coefficient (Wildman–Crippen LogP) is 29.6. The van der Waals surface area contributed by atoms with E-state index in [2.05, 4.69) is 155 Å². The van der Waals surface area contributed by atoms with Crippen molar-refractivity contribution in [2.75, 3.05) is 14.7 Å². The molecule has 0 heterocycles. The molecule has 102 heavy (non-hydrogen) atoms. The van der Waals surface area contributed by atoms with Crippen LogP contribution in [0.25, 0.3) is 88.0 Å². The Kier molecular flexibility index (Phi) is 14.3. The van der Waals surface area contributed by atoms with Crippen LogP contribution < -0.4 is 14.7 Å². The maximum atomic E-state index is 8.38. The van der Waals surface area contributed by atoms with Gasteiger partial charge in [-0.25, -0.2) is 0 Å². The standard InChI is InChI=1S/2C34H24BrN.C28H20BrN/c2*35-31-17-11-30-24-34(22-16-29(30)23-31)36(32-18-12-27(13-19-32)25-7-3-1-4-8-25)33-20-14-28(15-21-33)26-9-5-2-6-10-26;29-25-15-11-24-20-28(18-14-23(24)19-25)30(26-9-5-2-6-10-26)27-16-12-22(13-17-27)21-7-3-1-4-8-21/h2*1-24H;1-20H/i1D,2D,3D,4D,5D,6D,7D,8D,9D,10D;2*1D,3D,4D,7D,8D. The Balaban J connectivity index is 0.000000143. The maximum Gasteiger partial charge on any atom is 0.0629 e. The topological polar surface area (TPSA) is 9.72 Å². The fourth-order valence-electron chi connectivity index (χ4n) is 12.1. The first-order valence-electron chi connectivity index (χ1n) is 42.4. The SMILES string of the molecule is [2H]c1c([2H])c([2H])c(-c2ccc(N(c3ccc(-c4c([2H])c([2H])c([2H])c([2H])c4[2H])cc3)c3ccc4cc(Br)ccc4c3)cc2)c([2H])c1[2H].[2H]c1c([2H])c([2H])c(-c2ccc(N(c3ccc(-c4ccccc4)cc3)c3ccc4cc(Br)ccc4c3)cc2)c([2H])c1[2H].[2H]c1c([2H])c([2H])c(-c2ccc(N(c3ccccc3)c3ccc4cc(Br)ccc4c3)cc2)c([2H])c1[2H]. The van der Waals surface area contributed by atoms with Crippen molar-refractivity contribution in [1.82, 2.24) is 0 Å². The summed E-state index contributed by atoms with van der Waals surface area (Å²) in [4.78, 5) is 6.27. The number of benzene rings is 17. The summed E-state index contributed by atoms with van der Waals surface area (Å²) in [7, 11) is 0. The summed E-state index contributed by atoms with van der Waals surface area (Å²) in [5.41, 5.74) is 12.9. The van der Waals surface area contributed by atoms with Crippen LogP contribution in [0.4, 0.5) is 51.2 Å². The summed E-state index contributed by atoms with van der Waals surface area (Å²) >= 11 is 10.6. The van der Waals surface area contributed by atoms with Gasteiger partial charge in [0.15, 0.2) is 0 Å². The van der Waals surface area contributed by atoms with Gasteiger partial charge in [0.2, 0.25) is 0 Å². The summed E-state index contributed by atoms with van der Waals surface area (Å²) in [6.45, 7) is 0. The lowest BCUT2D eigenvalue weighted by molar-refractivity contribution is 1.29. The molecule has 0 aromatic heterocycles. The average molecular weight is 1520 g/mol. The molecule has 0 saturated carbocycles. The number of hydrogen-bond donors (Lipinski definition) is 0. The Labute approximate surface area is 650 Å². The zero-order valence-electron chi connectivity index (χ0n) is 74.2. The molecular formula is C96H68Br3N3. The summed E-state index contributed by atoms with van der Waals surface area (Å²) in [5, 5.41) is 6.50. The van der Waals surface area contributed by atoms with Crippen molar-refractivity contribution in [3.05, 3.63) is 425 Å². The van der Waals surface area contributed by atoms with Gasteiger partial charge in [-0.05, 0) is 234 Å². The Hall–Kier alpha value is -11.6. The molecule has 0 aliphatic carbocycles. The number of para-hydroxylation sites is 1.